The van der Waals surface area contributed by atoms with E-state index in [4.69, 9.17) is 4.74 Å². The van der Waals surface area contributed by atoms with Gasteiger partial charge in [-0.15, -0.1) is 0 Å². The second-order valence-corrected chi connectivity index (χ2v) is 5.87. The van der Waals surface area contributed by atoms with Crippen molar-refractivity contribution in [3.05, 3.63) is 30.1 Å². The smallest absolute Gasteiger partial charge is 0.328 e. The number of rotatable bonds is 6. The summed E-state index contributed by atoms with van der Waals surface area (Å²) in [4.78, 5) is 37.7. The number of likely N-dealkylation sites (tertiary alicyclic amines) is 1. The number of hydrazine groups is 1. The van der Waals surface area contributed by atoms with E-state index >= 15 is 0 Å². The fraction of sp³-hybridized carbons (Fsp3) is 0.471. The first-order valence-corrected chi connectivity index (χ1v) is 8.48. The summed E-state index contributed by atoms with van der Waals surface area (Å²) in [7, 11) is 0. The molecule has 1 heterocycles. The standard InChI is InChI=1S/C17H23FN4O4/c1-3-26-16(24)11(2)19-17(25)22-10-6-9-14(22)15(23)21-20-13-8-5-4-7-12(13)18/h4-5,7-8,11,14,20H,3,6,9-10H2,1-2H3,(H,19,25)(H,21,23)/t11-,14?/m0/s1. The molecule has 0 aliphatic carbocycles. The van der Waals surface area contributed by atoms with Crippen LogP contribution in [0.4, 0.5) is 14.9 Å². The van der Waals surface area contributed by atoms with Gasteiger partial charge in [0, 0.05) is 6.54 Å². The van der Waals surface area contributed by atoms with Crippen LogP contribution in [-0.4, -0.2) is 48.0 Å². The molecular formula is C17H23FN4O4. The van der Waals surface area contributed by atoms with Gasteiger partial charge in [0.25, 0.3) is 5.91 Å². The molecule has 1 aliphatic heterocycles. The zero-order valence-corrected chi connectivity index (χ0v) is 14.8. The number of esters is 1. The quantitative estimate of drug-likeness (QED) is 0.522. The number of para-hydroxylation sites is 1. The monoisotopic (exact) mass is 366 g/mol. The highest BCUT2D eigenvalue weighted by Crippen LogP contribution is 2.18. The number of halogens is 1. The Balaban J connectivity index is 1.91. The van der Waals surface area contributed by atoms with E-state index in [1.807, 2.05) is 0 Å². The minimum Gasteiger partial charge on any atom is -0.464 e. The number of urea groups is 1. The Morgan fingerprint density at radius 2 is 2.08 bits per heavy atom. The molecule has 1 aromatic rings. The highest BCUT2D eigenvalue weighted by molar-refractivity contribution is 5.90. The SMILES string of the molecule is CCOC(=O)[C@H](C)NC(=O)N1CCCC1C(=O)NNc1ccccc1F. The minimum absolute atomic E-state index is 0.130. The van der Waals surface area contributed by atoms with Gasteiger partial charge in [-0.2, -0.15) is 0 Å². The number of carbonyl (C=O) groups is 3. The van der Waals surface area contributed by atoms with Crippen molar-refractivity contribution in [3.63, 3.8) is 0 Å². The Hall–Kier alpha value is -2.84. The highest BCUT2D eigenvalue weighted by Gasteiger charge is 2.35. The van der Waals surface area contributed by atoms with Crippen molar-refractivity contribution < 1.29 is 23.5 Å². The van der Waals surface area contributed by atoms with Crippen LogP contribution in [0.25, 0.3) is 0 Å². The van der Waals surface area contributed by atoms with Crippen LogP contribution in [0.3, 0.4) is 0 Å². The van der Waals surface area contributed by atoms with E-state index in [-0.39, 0.29) is 12.3 Å². The number of anilines is 1. The largest absolute Gasteiger partial charge is 0.464 e. The molecule has 3 N–H and O–H groups in total. The highest BCUT2D eigenvalue weighted by atomic mass is 19.1. The Morgan fingerprint density at radius 1 is 1.35 bits per heavy atom. The lowest BCUT2D eigenvalue weighted by molar-refractivity contribution is -0.144. The van der Waals surface area contributed by atoms with Crippen LogP contribution in [0, 0.1) is 5.82 Å². The van der Waals surface area contributed by atoms with E-state index in [0.29, 0.717) is 19.4 Å². The van der Waals surface area contributed by atoms with E-state index in [2.05, 4.69) is 16.2 Å². The second kappa shape index (κ2) is 9.02. The van der Waals surface area contributed by atoms with Crippen LogP contribution in [0.1, 0.15) is 26.7 Å². The van der Waals surface area contributed by atoms with Crippen LogP contribution < -0.4 is 16.2 Å². The molecule has 2 rings (SSSR count). The summed E-state index contributed by atoms with van der Waals surface area (Å²) in [5.41, 5.74) is 5.07. The molecular weight excluding hydrogens is 343 g/mol. The zero-order valence-electron chi connectivity index (χ0n) is 14.8. The molecule has 1 aromatic carbocycles. The molecule has 1 saturated heterocycles. The van der Waals surface area contributed by atoms with Gasteiger partial charge in [0.15, 0.2) is 0 Å². The summed E-state index contributed by atoms with van der Waals surface area (Å²) >= 11 is 0. The predicted octanol–water partition coefficient (Wildman–Crippen LogP) is 1.39. The Bertz CT molecular complexity index is 670. The van der Waals surface area contributed by atoms with Gasteiger partial charge < -0.3 is 15.0 Å². The van der Waals surface area contributed by atoms with Crippen LogP contribution in [0.5, 0.6) is 0 Å². The van der Waals surface area contributed by atoms with E-state index in [9.17, 15) is 18.8 Å². The molecule has 9 heteroatoms. The Labute approximate surface area is 151 Å². The second-order valence-electron chi connectivity index (χ2n) is 5.87. The van der Waals surface area contributed by atoms with E-state index in [1.54, 1.807) is 13.0 Å². The van der Waals surface area contributed by atoms with Crippen LogP contribution >= 0.6 is 0 Å². The summed E-state index contributed by atoms with van der Waals surface area (Å²) in [5.74, 6) is -1.50. The van der Waals surface area contributed by atoms with E-state index < -0.39 is 35.8 Å². The first-order valence-electron chi connectivity index (χ1n) is 8.48. The van der Waals surface area contributed by atoms with E-state index in [0.717, 1.165) is 0 Å². The average Bonchev–Trinajstić information content (AvgIpc) is 3.11. The lowest BCUT2D eigenvalue weighted by Crippen LogP contribution is -2.53. The number of nitrogens with zero attached hydrogens (tertiary/aromatic N) is 1. The maximum atomic E-state index is 13.6. The van der Waals surface area contributed by atoms with Crippen molar-refractivity contribution >= 4 is 23.6 Å². The maximum absolute atomic E-state index is 13.6. The molecule has 1 fully saturated rings. The third-order valence-electron chi connectivity index (χ3n) is 3.99. The van der Waals surface area contributed by atoms with Gasteiger partial charge in [0.2, 0.25) is 0 Å². The summed E-state index contributed by atoms with van der Waals surface area (Å²) in [6, 6.07) is 3.87. The van der Waals surface area contributed by atoms with Crippen molar-refractivity contribution in [3.8, 4) is 0 Å². The fourth-order valence-electron chi connectivity index (χ4n) is 2.65. The summed E-state index contributed by atoms with van der Waals surface area (Å²) < 4.78 is 18.4. The number of hydrogen-bond acceptors (Lipinski definition) is 5. The summed E-state index contributed by atoms with van der Waals surface area (Å²) in [6.07, 6.45) is 1.13. The van der Waals surface area contributed by atoms with Crippen LogP contribution in [-0.2, 0) is 14.3 Å². The fourth-order valence-corrected chi connectivity index (χ4v) is 2.65. The lowest BCUT2D eigenvalue weighted by Gasteiger charge is -2.25. The van der Waals surface area contributed by atoms with Gasteiger partial charge >= 0.3 is 12.0 Å². The maximum Gasteiger partial charge on any atom is 0.328 e. The normalized spacial score (nSPS) is 17.3. The number of carbonyl (C=O) groups excluding carboxylic acids is 3. The van der Waals surface area contributed by atoms with Crippen LogP contribution in [0.2, 0.25) is 0 Å². The number of benzene rings is 1. The Morgan fingerprint density at radius 3 is 2.77 bits per heavy atom. The topological polar surface area (TPSA) is 99.8 Å². The number of hydrogen-bond donors (Lipinski definition) is 3. The zero-order chi connectivity index (χ0) is 19.1. The van der Waals surface area contributed by atoms with Crippen molar-refractivity contribution in [1.82, 2.24) is 15.6 Å². The average molecular weight is 366 g/mol. The molecule has 1 aliphatic rings. The van der Waals surface area contributed by atoms with Crippen molar-refractivity contribution in [2.24, 2.45) is 0 Å². The molecule has 142 valence electrons. The van der Waals surface area contributed by atoms with Gasteiger partial charge in [-0.1, -0.05) is 12.1 Å². The van der Waals surface area contributed by atoms with E-state index in [1.165, 1.54) is 30.0 Å². The van der Waals surface area contributed by atoms with Gasteiger partial charge in [-0.05, 0) is 38.8 Å². The number of ether oxygens (including phenoxy) is 1. The molecule has 26 heavy (non-hydrogen) atoms. The number of nitrogens with one attached hydrogen (secondary N) is 3. The van der Waals surface area contributed by atoms with Gasteiger partial charge in [-0.25, -0.2) is 14.0 Å². The molecule has 0 bridgehead atoms. The van der Waals surface area contributed by atoms with Gasteiger partial charge in [0.1, 0.15) is 17.9 Å². The summed E-state index contributed by atoms with van der Waals surface area (Å²) in [6.45, 7) is 3.80. The first-order chi connectivity index (χ1) is 12.4. The molecule has 2 atom stereocenters. The summed E-state index contributed by atoms with van der Waals surface area (Å²) in [5, 5.41) is 2.53. The predicted molar refractivity (Wildman–Crippen MR) is 92.5 cm³/mol. The molecule has 3 amide bonds. The van der Waals surface area contributed by atoms with Crippen molar-refractivity contribution in [1.29, 1.82) is 0 Å². The molecule has 0 radical (unpaired) electrons. The molecule has 0 saturated carbocycles. The Kier molecular flexibility index (Phi) is 6.76. The van der Waals surface area contributed by atoms with Gasteiger partial charge in [-0.3, -0.25) is 15.6 Å². The lowest BCUT2D eigenvalue weighted by atomic mass is 10.2. The first kappa shape index (κ1) is 19.5. The van der Waals surface area contributed by atoms with Gasteiger partial charge in [0.05, 0.1) is 12.3 Å². The van der Waals surface area contributed by atoms with Crippen LogP contribution in [0.15, 0.2) is 24.3 Å². The molecule has 1 unspecified atom stereocenters. The third-order valence-corrected chi connectivity index (χ3v) is 3.99. The molecule has 8 nitrogen and oxygen atoms in total. The molecule has 0 aromatic heterocycles. The third kappa shape index (κ3) is 4.84. The minimum atomic E-state index is -0.816. The van der Waals surface area contributed by atoms with Crippen molar-refractivity contribution in [2.75, 3.05) is 18.6 Å². The molecule has 0 spiro atoms. The van der Waals surface area contributed by atoms with Crippen molar-refractivity contribution in [2.45, 2.75) is 38.8 Å². The number of amides is 3.